The molecule has 2 aromatic carbocycles. The Bertz CT molecular complexity index is 856. The number of rotatable bonds is 9. The highest BCUT2D eigenvalue weighted by Gasteiger charge is 2.16. The largest absolute Gasteiger partial charge is 0.488 e. The number of aliphatic imine (C=N–C) groups is 1. The van der Waals surface area contributed by atoms with Gasteiger partial charge in [-0.15, -0.1) is 0 Å². The van der Waals surface area contributed by atoms with Crippen molar-refractivity contribution in [1.29, 1.82) is 0 Å². The first-order chi connectivity index (χ1) is 13.4. The van der Waals surface area contributed by atoms with Gasteiger partial charge in [0.2, 0.25) is 5.88 Å². The number of ether oxygens (including phenoxy) is 2. The maximum atomic E-state index is 14.4. The van der Waals surface area contributed by atoms with E-state index in [9.17, 15) is 13.6 Å². The number of carboxylic acid groups (broad SMARTS) is 1. The molecule has 0 saturated carbocycles. The normalized spacial score (nSPS) is 12.0. The van der Waals surface area contributed by atoms with Crippen LogP contribution >= 0.6 is 0 Å². The summed E-state index contributed by atoms with van der Waals surface area (Å²) in [5, 5.41) is 8.59. The second-order valence-corrected chi connectivity index (χ2v) is 5.85. The van der Waals surface area contributed by atoms with Crippen LogP contribution in [0.15, 0.2) is 53.3 Å². The van der Waals surface area contributed by atoms with Crippen LogP contribution in [-0.4, -0.2) is 23.9 Å². The van der Waals surface area contributed by atoms with E-state index in [0.29, 0.717) is 11.3 Å². The lowest BCUT2D eigenvalue weighted by atomic mass is 10.1. The topological polar surface area (TPSA) is 68.1 Å². The summed E-state index contributed by atoms with van der Waals surface area (Å²) in [5.74, 6) is -2.55. The molecule has 148 valence electrons. The minimum absolute atomic E-state index is 0.100. The second kappa shape index (κ2) is 10.2. The van der Waals surface area contributed by atoms with Gasteiger partial charge in [0.15, 0.2) is 17.4 Å². The summed E-state index contributed by atoms with van der Waals surface area (Å²) in [6, 6.07) is 11.2. The van der Waals surface area contributed by atoms with Gasteiger partial charge in [-0.05, 0) is 50.1 Å². The second-order valence-electron chi connectivity index (χ2n) is 5.85. The van der Waals surface area contributed by atoms with Crippen LogP contribution in [-0.2, 0) is 4.79 Å². The SMILES string of the molecule is C/C=N\C(Oc1ccccc1)=C(/C)c1cc(F)c(OCCCC(=O)O)c(F)c1. The number of halogens is 2. The first-order valence-corrected chi connectivity index (χ1v) is 8.68. The number of allylic oxidation sites excluding steroid dienone is 1. The maximum Gasteiger partial charge on any atom is 0.303 e. The molecule has 7 heteroatoms. The Balaban J connectivity index is 2.26. The van der Waals surface area contributed by atoms with Crippen LogP contribution in [0, 0.1) is 11.6 Å². The first kappa shape index (κ1) is 21.1. The van der Waals surface area contributed by atoms with Gasteiger partial charge in [-0.25, -0.2) is 13.8 Å². The molecule has 0 heterocycles. The summed E-state index contributed by atoms with van der Waals surface area (Å²) >= 11 is 0. The lowest BCUT2D eigenvalue weighted by Crippen LogP contribution is -2.05. The minimum atomic E-state index is -0.997. The van der Waals surface area contributed by atoms with Gasteiger partial charge >= 0.3 is 5.97 Å². The van der Waals surface area contributed by atoms with Crippen molar-refractivity contribution in [2.75, 3.05) is 6.61 Å². The lowest BCUT2D eigenvalue weighted by molar-refractivity contribution is -0.137. The Morgan fingerprint density at radius 1 is 1.18 bits per heavy atom. The molecular weight excluding hydrogens is 368 g/mol. The lowest BCUT2D eigenvalue weighted by Gasteiger charge is -2.13. The summed E-state index contributed by atoms with van der Waals surface area (Å²) in [5.41, 5.74) is 0.696. The van der Waals surface area contributed by atoms with Gasteiger partial charge in [0.25, 0.3) is 0 Å². The predicted octanol–water partition coefficient (Wildman–Crippen LogP) is 5.07. The van der Waals surface area contributed by atoms with Crippen molar-refractivity contribution in [3.05, 3.63) is 65.5 Å². The summed E-state index contributed by atoms with van der Waals surface area (Å²) < 4.78 is 39.5. The highest BCUT2D eigenvalue weighted by Crippen LogP contribution is 2.29. The molecule has 28 heavy (non-hydrogen) atoms. The van der Waals surface area contributed by atoms with Gasteiger partial charge in [0.1, 0.15) is 5.75 Å². The van der Waals surface area contributed by atoms with E-state index in [1.165, 1.54) is 6.21 Å². The van der Waals surface area contributed by atoms with E-state index in [1.54, 1.807) is 38.1 Å². The zero-order valence-corrected chi connectivity index (χ0v) is 15.6. The number of hydrogen-bond acceptors (Lipinski definition) is 4. The van der Waals surface area contributed by atoms with E-state index in [0.717, 1.165) is 12.1 Å². The third-order valence-corrected chi connectivity index (χ3v) is 3.74. The zero-order chi connectivity index (χ0) is 20.5. The average molecular weight is 389 g/mol. The van der Waals surface area contributed by atoms with Crippen LogP contribution in [0.1, 0.15) is 32.3 Å². The van der Waals surface area contributed by atoms with Crippen molar-refractivity contribution in [2.24, 2.45) is 4.99 Å². The molecule has 2 aromatic rings. The molecule has 0 fully saturated rings. The Morgan fingerprint density at radius 2 is 1.82 bits per heavy atom. The van der Waals surface area contributed by atoms with Crippen molar-refractivity contribution in [2.45, 2.75) is 26.7 Å². The molecule has 0 radical (unpaired) electrons. The molecule has 5 nitrogen and oxygen atoms in total. The summed E-state index contributed by atoms with van der Waals surface area (Å²) in [7, 11) is 0. The number of carbonyl (C=O) groups is 1. The fourth-order valence-electron chi connectivity index (χ4n) is 2.35. The first-order valence-electron chi connectivity index (χ1n) is 8.68. The van der Waals surface area contributed by atoms with Crippen molar-refractivity contribution in [1.82, 2.24) is 0 Å². The van der Waals surface area contributed by atoms with Crippen LogP contribution in [0.2, 0.25) is 0 Å². The van der Waals surface area contributed by atoms with Gasteiger partial charge in [0, 0.05) is 18.2 Å². The average Bonchev–Trinajstić information content (AvgIpc) is 2.66. The summed E-state index contributed by atoms with van der Waals surface area (Å²) in [6.07, 6.45) is 1.53. The number of para-hydroxylation sites is 1. The van der Waals surface area contributed by atoms with Gasteiger partial charge in [-0.2, -0.15) is 0 Å². The van der Waals surface area contributed by atoms with Gasteiger partial charge < -0.3 is 14.6 Å². The van der Waals surface area contributed by atoms with Crippen LogP contribution < -0.4 is 9.47 Å². The quantitative estimate of drug-likeness (QED) is 0.369. The number of carboxylic acids is 1. The Kier molecular flexibility index (Phi) is 7.68. The maximum absolute atomic E-state index is 14.4. The number of benzene rings is 2. The van der Waals surface area contributed by atoms with E-state index in [2.05, 4.69) is 4.99 Å². The van der Waals surface area contributed by atoms with Gasteiger partial charge in [-0.3, -0.25) is 4.79 Å². The molecule has 0 unspecified atom stereocenters. The van der Waals surface area contributed by atoms with Crippen molar-refractivity contribution < 1.29 is 28.2 Å². The summed E-state index contributed by atoms with van der Waals surface area (Å²) in [6.45, 7) is 3.25. The molecule has 0 aliphatic rings. The molecule has 0 atom stereocenters. The summed E-state index contributed by atoms with van der Waals surface area (Å²) in [4.78, 5) is 14.6. The monoisotopic (exact) mass is 389 g/mol. The number of hydrogen-bond donors (Lipinski definition) is 1. The molecule has 0 saturated heterocycles. The molecule has 0 bridgehead atoms. The molecule has 1 N–H and O–H groups in total. The standard InChI is InChI=1S/C21H21F2NO4/c1-3-24-21(28-16-8-5-4-6-9-16)14(2)15-12-17(22)20(18(23)13-15)27-11-7-10-19(25)26/h3-6,8-9,12-13H,7,10-11H2,1-2H3,(H,25,26)/b21-14-,24-3-. The van der Waals surface area contributed by atoms with E-state index >= 15 is 0 Å². The minimum Gasteiger partial charge on any atom is -0.488 e. The van der Waals surface area contributed by atoms with Crippen molar-refractivity contribution in [3.8, 4) is 11.5 Å². The van der Waals surface area contributed by atoms with Crippen LogP contribution in [0.5, 0.6) is 11.5 Å². The van der Waals surface area contributed by atoms with Crippen LogP contribution in [0.4, 0.5) is 8.78 Å². The molecular formula is C21H21F2NO4. The molecule has 0 aromatic heterocycles. The van der Waals surface area contributed by atoms with E-state index in [-0.39, 0.29) is 30.9 Å². The molecule has 2 rings (SSSR count). The van der Waals surface area contributed by atoms with Crippen molar-refractivity contribution in [3.63, 3.8) is 0 Å². The fourth-order valence-corrected chi connectivity index (χ4v) is 2.35. The van der Waals surface area contributed by atoms with E-state index < -0.39 is 23.4 Å². The van der Waals surface area contributed by atoms with Crippen LogP contribution in [0.3, 0.4) is 0 Å². The van der Waals surface area contributed by atoms with Gasteiger partial charge in [-0.1, -0.05) is 18.2 Å². The number of nitrogens with zero attached hydrogens (tertiary/aromatic N) is 1. The smallest absolute Gasteiger partial charge is 0.303 e. The molecule has 0 spiro atoms. The number of aliphatic carboxylic acids is 1. The van der Waals surface area contributed by atoms with Crippen molar-refractivity contribution >= 4 is 17.8 Å². The highest BCUT2D eigenvalue weighted by molar-refractivity contribution is 5.69. The molecule has 0 amide bonds. The Hall–Kier alpha value is -3.22. The zero-order valence-electron chi connectivity index (χ0n) is 15.6. The third-order valence-electron chi connectivity index (χ3n) is 3.74. The molecule has 0 aliphatic heterocycles. The highest BCUT2D eigenvalue weighted by atomic mass is 19.1. The Morgan fingerprint density at radius 3 is 2.39 bits per heavy atom. The Labute approximate surface area is 161 Å². The van der Waals surface area contributed by atoms with E-state index in [1.807, 2.05) is 6.07 Å². The van der Waals surface area contributed by atoms with Gasteiger partial charge in [0.05, 0.1) is 6.61 Å². The fraction of sp³-hybridized carbons (Fsp3) is 0.238. The third kappa shape index (κ3) is 5.90. The van der Waals surface area contributed by atoms with Crippen LogP contribution in [0.25, 0.3) is 5.57 Å². The predicted molar refractivity (Wildman–Crippen MR) is 103 cm³/mol. The molecule has 0 aliphatic carbocycles. The van der Waals surface area contributed by atoms with E-state index in [4.69, 9.17) is 14.6 Å².